The number of para-hydroxylation sites is 2. The van der Waals surface area contributed by atoms with Crippen molar-refractivity contribution in [2.45, 2.75) is 13.0 Å². The van der Waals surface area contributed by atoms with E-state index >= 15 is 0 Å². The van der Waals surface area contributed by atoms with Gasteiger partial charge in [0.1, 0.15) is 0 Å². The Morgan fingerprint density at radius 2 is 2.32 bits per heavy atom. The summed E-state index contributed by atoms with van der Waals surface area (Å²) in [6, 6.07) is 7.44. The summed E-state index contributed by atoms with van der Waals surface area (Å²) in [5.41, 5.74) is 1.45. The standard InChI is InChI=1S/C13H16N4O2/c18-13-17(10-4-1-2-5-11(10)19-13)9-8-16-12-14-6-3-7-15-12/h1-2,4-5H,3,6-9H2,(H2,14,15,16). The van der Waals surface area contributed by atoms with Crippen molar-refractivity contribution in [2.24, 2.45) is 4.99 Å². The average Bonchev–Trinajstić information content (AvgIpc) is 2.76. The van der Waals surface area contributed by atoms with Gasteiger partial charge in [-0.25, -0.2) is 4.79 Å². The second kappa shape index (κ2) is 5.17. The van der Waals surface area contributed by atoms with Crippen molar-refractivity contribution in [3.05, 3.63) is 34.8 Å². The summed E-state index contributed by atoms with van der Waals surface area (Å²) < 4.78 is 6.81. The number of hydrogen-bond donors (Lipinski definition) is 2. The molecule has 19 heavy (non-hydrogen) atoms. The van der Waals surface area contributed by atoms with Gasteiger partial charge in [-0.05, 0) is 18.6 Å². The van der Waals surface area contributed by atoms with Gasteiger partial charge in [-0.2, -0.15) is 0 Å². The lowest BCUT2D eigenvalue weighted by Gasteiger charge is -2.15. The van der Waals surface area contributed by atoms with Crippen molar-refractivity contribution in [2.75, 3.05) is 19.6 Å². The predicted octanol–water partition coefficient (Wildman–Crippen LogP) is 0.533. The molecule has 100 valence electrons. The lowest BCUT2D eigenvalue weighted by Crippen LogP contribution is -2.42. The fourth-order valence-corrected chi connectivity index (χ4v) is 2.16. The molecule has 0 spiro atoms. The van der Waals surface area contributed by atoms with Gasteiger partial charge in [0.25, 0.3) is 0 Å². The fraction of sp³-hybridized carbons (Fsp3) is 0.385. The molecule has 6 heteroatoms. The Hall–Kier alpha value is -2.24. The summed E-state index contributed by atoms with van der Waals surface area (Å²) in [5.74, 6) is 0.494. The smallest absolute Gasteiger partial charge is 0.408 e. The molecular weight excluding hydrogens is 244 g/mol. The summed E-state index contributed by atoms with van der Waals surface area (Å²) in [6.45, 7) is 2.98. The Labute approximate surface area is 110 Å². The number of nitrogens with zero attached hydrogens (tertiary/aromatic N) is 2. The van der Waals surface area contributed by atoms with Crippen LogP contribution in [0.3, 0.4) is 0 Å². The maximum absolute atomic E-state index is 11.7. The van der Waals surface area contributed by atoms with Crippen LogP contribution in [0.4, 0.5) is 0 Å². The minimum Gasteiger partial charge on any atom is -0.408 e. The molecule has 3 rings (SSSR count). The quantitative estimate of drug-likeness (QED) is 0.844. The Kier molecular flexibility index (Phi) is 3.22. The molecule has 0 radical (unpaired) electrons. The Morgan fingerprint density at radius 3 is 3.16 bits per heavy atom. The highest BCUT2D eigenvalue weighted by molar-refractivity contribution is 5.80. The van der Waals surface area contributed by atoms with Gasteiger partial charge in [-0.1, -0.05) is 12.1 Å². The molecule has 0 saturated carbocycles. The third kappa shape index (κ3) is 2.47. The molecule has 1 aliphatic heterocycles. The number of aromatic nitrogens is 1. The average molecular weight is 260 g/mol. The zero-order valence-corrected chi connectivity index (χ0v) is 10.6. The number of guanidine groups is 1. The van der Waals surface area contributed by atoms with Crippen LogP contribution in [0.15, 0.2) is 38.5 Å². The van der Waals surface area contributed by atoms with E-state index in [-0.39, 0.29) is 5.76 Å². The number of nitrogens with one attached hydrogen (secondary N) is 2. The molecule has 0 atom stereocenters. The van der Waals surface area contributed by atoms with Crippen LogP contribution in [0, 0.1) is 0 Å². The van der Waals surface area contributed by atoms with Gasteiger partial charge in [0.2, 0.25) is 0 Å². The number of hydrogen-bond acceptors (Lipinski definition) is 5. The lowest BCUT2D eigenvalue weighted by atomic mass is 10.3. The van der Waals surface area contributed by atoms with Crippen LogP contribution < -0.4 is 16.4 Å². The SMILES string of the molecule is O=c1oc2ccccc2n1CCNC1=NCCCN1. The predicted molar refractivity (Wildman–Crippen MR) is 73.4 cm³/mol. The molecule has 1 aromatic heterocycles. The van der Waals surface area contributed by atoms with E-state index in [1.807, 2.05) is 18.2 Å². The first-order chi connectivity index (χ1) is 9.34. The molecule has 0 saturated heterocycles. The van der Waals surface area contributed by atoms with Crippen LogP contribution in [0.5, 0.6) is 0 Å². The summed E-state index contributed by atoms with van der Waals surface area (Å²) in [5, 5.41) is 6.37. The van der Waals surface area contributed by atoms with Crippen molar-refractivity contribution in [1.82, 2.24) is 15.2 Å². The van der Waals surface area contributed by atoms with E-state index in [0.717, 1.165) is 31.0 Å². The number of fused-ring (bicyclic) bond motifs is 1. The monoisotopic (exact) mass is 260 g/mol. The van der Waals surface area contributed by atoms with Crippen LogP contribution in [-0.4, -0.2) is 30.2 Å². The number of oxazole rings is 1. The number of rotatable bonds is 3. The van der Waals surface area contributed by atoms with E-state index in [2.05, 4.69) is 15.6 Å². The Morgan fingerprint density at radius 1 is 1.42 bits per heavy atom. The molecule has 6 nitrogen and oxygen atoms in total. The third-order valence-electron chi connectivity index (χ3n) is 3.10. The minimum absolute atomic E-state index is 0.318. The largest absolute Gasteiger partial charge is 0.420 e. The molecule has 2 N–H and O–H groups in total. The maximum atomic E-state index is 11.7. The molecule has 0 amide bonds. The molecular formula is C13H16N4O2. The highest BCUT2D eigenvalue weighted by Gasteiger charge is 2.08. The summed E-state index contributed by atoms with van der Waals surface area (Å²) >= 11 is 0. The first-order valence-electron chi connectivity index (χ1n) is 6.45. The molecule has 0 unspecified atom stereocenters. The van der Waals surface area contributed by atoms with Gasteiger partial charge in [-0.3, -0.25) is 9.56 Å². The molecule has 1 aliphatic rings. The molecule has 1 aromatic carbocycles. The van der Waals surface area contributed by atoms with Gasteiger partial charge >= 0.3 is 5.76 Å². The lowest BCUT2D eigenvalue weighted by molar-refractivity contribution is 0.502. The maximum Gasteiger partial charge on any atom is 0.420 e. The zero-order chi connectivity index (χ0) is 13.1. The zero-order valence-electron chi connectivity index (χ0n) is 10.6. The fourth-order valence-electron chi connectivity index (χ4n) is 2.16. The van der Waals surface area contributed by atoms with Gasteiger partial charge in [-0.15, -0.1) is 0 Å². The van der Waals surface area contributed by atoms with Crippen molar-refractivity contribution < 1.29 is 4.42 Å². The van der Waals surface area contributed by atoms with Crippen LogP contribution in [0.1, 0.15) is 6.42 Å². The molecule has 0 bridgehead atoms. The van der Waals surface area contributed by atoms with E-state index in [0.29, 0.717) is 18.7 Å². The number of aliphatic imine (C=N–C) groups is 1. The van der Waals surface area contributed by atoms with E-state index in [1.54, 1.807) is 10.6 Å². The van der Waals surface area contributed by atoms with E-state index in [4.69, 9.17) is 4.42 Å². The van der Waals surface area contributed by atoms with Crippen molar-refractivity contribution in [3.8, 4) is 0 Å². The second-order valence-corrected chi connectivity index (χ2v) is 4.42. The van der Waals surface area contributed by atoms with Gasteiger partial charge in [0, 0.05) is 26.2 Å². The van der Waals surface area contributed by atoms with Crippen molar-refractivity contribution in [3.63, 3.8) is 0 Å². The topological polar surface area (TPSA) is 71.6 Å². The van der Waals surface area contributed by atoms with Crippen LogP contribution >= 0.6 is 0 Å². The van der Waals surface area contributed by atoms with Gasteiger partial charge in [0.05, 0.1) is 5.52 Å². The van der Waals surface area contributed by atoms with Crippen LogP contribution in [0.25, 0.3) is 11.1 Å². The minimum atomic E-state index is -0.318. The van der Waals surface area contributed by atoms with E-state index in [1.165, 1.54) is 0 Å². The summed E-state index contributed by atoms with van der Waals surface area (Å²) in [4.78, 5) is 16.1. The molecule has 0 fully saturated rings. The van der Waals surface area contributed by atoms with Gasteiger partial charge in [0.15, 0.2) is 11.5 Å². The highest BCUT2D eigenvalue weighted by Crippen LogP contribution is 2.10. The second-order valence-electron chi connectivity index (χ2n) is 4.42. The first kappa shape index (κ1) is 11.8. The molecule has 2 aromatic rings. The molecule has 0 aliphatic carbocycles. The van der Waals surface area contributed by atoms with Crippen molar-refractivity contribution in [1.29, 1.82) is 0 Å². The normalized spacial score (nSPS) is 15.1. The number of benzene rings is 1. The summed E-state index contributed by atoms with van der Waals surface area (Å²) in [6.07, 6.45) is 1.07. The van der Waals surface area contributed by atoms with E-state index < -0.39 is 0 Å². The first-order valence-corrected chi connectivity index (χ1v) is 6.45. The van der Waals surface area contributed by atoms with Crippen LogP contribution in [-0.2, 0) is 6.54 Å². The summed E-state index contributed by atoms with van der Waals surface area (Å²) in [7, 11) is 0. The Bertz CT molecular complexity index is 656. The van der Waals surface area contributed by atoms with Crippen LogP contribution in [0.2, 0.25) is 0 Å². The Balaban J connectivity index is 1.70. The van der Waals surface area contributed by atoms with Crippen molar-refractivity contribution >= 4 is 17.1 Å². The van der Waals surface area contributed by atoms with E-state index in [9.17, 15) is 4.79 Å². The molecule has 2 heterocycles. The van der Waals surface area contributed by atoms with Gasteiger partial charge < -0.3 is 15.1 Å². The highest BCUT2D eigenvalue weighted by atomic mass is 16.4. The third-order valence-corrected chi connectivity index (χ3v) is 3.10.